The fourth-order valence-electron chi connectivity index (χ4n) is 0. The number of hydrogen-bond donors (Lipinski definition) is 3. The van der Waals surface area contributed by atoms with Crippen LogP contribution < -0.4 is 0 Å². The zero-order chi connectivity index (χ0) is 9.86. The largest absolute Gasteiger partial charge is 0.481 e. The van der Waals surface area contributed by atoms with Gasteiger partial charge >= 0.3 is 0 Å². The van der Waals surface area contributed by atoms with Crippen molar-refractivity contribution in [3.8, 4) is 0 Å². The molecule has 0 aliphatic carbocycles. The summed E-state index contributed by atoms with van der Waals surface area (Å²) in [5.41, 5.74) is 0. The standard InChI is InChI=1S/2C2H4O2.HNO2/c2*1-2(3)4;2-1-3/h2*1H3,(H,3,4);(H,2,3). The maximum absolute atomic E-state index is 9.00. The quantitative estimate of drug-likeness (QED) is 0.352. The molecule has 0 aliphatic rings. The third kappa shape index (κ3) is 122. The lowest BCUT2D eigenvalue weighted by molar-refractivity contribution is -0.135. The first-order chi connectivity index (χ1) is 4.88. The van der Waals surface area contributed by atoms with Gasteiger partial charge in [0.15, 0.2) is 5.34 Å². The number of hydrogen-bond acceptors (Lipinski definition) is 4. The van der Waals surface area contributed by atoms with Crippen LogP contribution in [-0.4, -0.2) is 27.4 Å². The maximum Gasteiger partial charge on any atom is 0.300 e. The van der Waals surface area contributed by atoms with Crippen molar-refractivity contribution in [3.63, 3.8) is 0 Å². The van der Waals surface area contributed by atoms with Crippen LogP contribution in [0.2, 0.25) is 0 Å². The molecule has 0 bridgehead atoms. The van der Waals surface area contributed by atoms with Crippen molar-refractivity contribution in [2.45, 2.75) is 13.8 Å². The topological polar surface area (TPSA) is 124 Å². The van der Waals surface area contributed by atoms with E-state index in [-0.39, 0.29) is 0 Å². The molecule has 0 aromatic carbocycles. The van der Waals surface area contributed by atoms with Gasteiger partial charge in [-0.1, -0.05) is 0 Å². The van der Waals surface area contributed by atoms with Gasteiger partial charge in [-0.25, -0.2) is 0 Å². The van der Waals surface area contributed by atoms with E-state index >= 15 is 0 Å². The number of carboxylic acids is 2. The molecule has 66 valence electrons. The third-order valence-electron chi connectivity index (χ3n) is 0. The fourth-order valence-corrected chi connectivity index (χ4v) is 0. The van der Waals surface area contributed by atoms with Crippen molar-refractivity contribution in [3.05, 3.63) is 4.91 Å². The van der Waals surface area contributed by atoms with Gasteiger partial charge in [0.25, 0.3) is 11.9 Å². The van der Waals surface area contributed by atoms with E-state index in [0.29, 0.717) is 0 Å². The van der Waals surface area contributed by atoms with E-state index < -0.39 is 11.9 Å². The highest BCUT2D eigenvalue weighted by molar-refractivity contribution is 5.63. The van der Waals surface area contributed by atoms with Gasteiger partial charge < -0.3 is 15.4 Å². The summed E-state index contributed by atoms with van der Waals surface area (Å²) in [6.07, 6.45) is 0. The van der Waals surface area contributed by atoms with Crippen LogP contribution in [0.15, 0.2) is 5.34 Å². The Morgan fingerprint density at radius 1 is 1.09 bits per heavy atom. The van der Waals surface area contributed by atoms with E-state index in [1.165, 1.54) is 5.34 Å². The predicted octanol–water partition coefficient (Wildman–Crippen LogP) is 0.324. The molecule has 0 aromatic rings. The summed E-state index contributed by atoms with van der Waals surface area (Å²) in [4.78, 5) is 26.1. The Kier molecular flexibility index (Phi) is 23.2. The molecule has 0 saturated heterocycles. The van der Waals surface area contributed by atoms with Gasteiger partial charge in [0, 0.05) is 13.8 Å². The van der Waals surface area contributed by atoms with Gasteiger partial charge in [0.2, 0.25) is 0 Å². The average molecular weight is 167 g/mol. The van der Waals surface area contributed by atoms with Gasteiger partial charge in [-0.2, -0.15) is 0 Å². The summed E-state index contributed by atoms with van der Waals surface area (Å²) in [5, 5.41) is 22.7. The average Bonchev–Trinajstić information content (AvgIpc) is 1.60. The van der Waals surface area contributed by atoms with E-state index in [1.807, 2.05) is 0 Å². The minimum absolute atomic E-state index is 0.833. The van der Waals surface area contributed by atoms with Crippen molar-refractivity contribution in [1.82, 2.24) is 0 Å². The number of nitrogens with zero attached hydrogens (tertiary/aromatic N) is 1. The second kappa shape index (κ2) is 15.8. The minimum atomic E-state index is -0.833. The molecular formula is C4H9NO6. The van der Waals surface area contributed by atoms with Crippen molar-refractivity contribution in [1.29, 1.82) is 0 Å². The molecule has 0 rings (SSSR count). The molecule has 0 heterocycles. The first kappa shape index (κ1) is 16.2. The summed E-state index contributed by atoms with van der Waals surface area (Å²) in [7, 11) is 0. The van der Waals surface area contributed by atoms with Crippen LogP contribution in [0.1, 0.15) is 13.8 Å². The fraction of sp³-hybridized carbons (Fsp3) is 0.500. The van der Waals surface area contributed by atoms with Crippen LogP contribution in [-0.2, 0) is 9.59 Å². The smallest absolute Gasteiger partial charge is 0.300 e. The SMILES string of the molecule is CC(=O)O.CC(=O)O.O=NO. The lowest BCUT2D eigenvalue weighted by Crippen LogP contribution is -1.78. The lowest BCUT2D eigenvalue weighted by atomic mass is 10.9. The summed E-state index contributed by atoms with van der Waals surface area (Å²) < 4.78 is 0. The predicted molar refractivity (Wildman–Crippen MR) is 34.2 cm³/mol. The zero-order valence-electron chi connectivity index (χ0n) is 6.01. The van der Waals surface area contributed by atoms with E-state index in [2.05, 4.69) is 0 Å². The molecule has 0 spiro atoms. The molecule has 0 saturated carbocycles. The molecule has 0 fully saturated rings. The van der Waals surface area contributed by atoms with E-state index in [0.717, 1.165) is 13.8 Å². The highest BCUT2D eigenvalue weighted by Gasteiger charge is 1.65. The molecule has 7 nitrogen and oxygen atoms in total. The number of aliphatic carboxylic acids is 2. The molecule has 0 aromatic heterocycles. The second-order valence-electron chi connectivity index (χ2n) is 1.12. The molecule has 0 unspecified atom stereocenters. The highest BCUT2D eigenvalue weighted by Crippen LogP contribution is 1.42. The van der Waals surface area contributed by atoms with Crippen LogP contribution in [0, 0.1) is 4.91 Å². The minimum Gasteiger partial charge on any atom is -0.481 e. The van der Waals surface area contributed by atoms with Crippen LogP contribution in [0.3, 0.4) is 0 Å². The molecule has 3 N–H and O–H groups in total. The van der Waals surface area contributed by atoms with Crippen LogP contribution in [0.4, 0.5) is 0 Å². The van der Waals surface area contributed by atoms with Gasteiger partial charge in [-0.05, 0) is 0 Å². The molecule has 0 aliphatic heterocycles. The molecule has 7 heteroatoms. The van der Waals surface area contributed by atoms with Crippen molar-refractivity contribution in [2.75, 3.05) is 0 Å². The Balaban J connectivity index is -0.0000000886. The second-order valence-corrected chi connectivity index (χ2v) is 1.12. The van der Waals surface area contributed by atoms with Gasteiger partial charge in [0.1, 0.15) is 0 Å². The van der Waals surface area contributed by atoms with Gasteiger partial charge in [0.05, 0.1) is 0 Å². The van der Waals surface area contributed by atoms with E-state index in [1.54, 1.807) is 0 Å². The maximum atomic E-state index is 9.00. The Morgan fingerprint density at radius 3 is 1.09 bits per heavy atom. The summed E-state index contributed by atoms with van der Waals surface area (Å²) in [6.45, 7) is 2.17. The van der Waals surface area contributed by atoms with Crippen LogP contribution in [0.5, 0.6) is 0 Å². The Bertz CT molecular complexity index is 102. The Labute approximate surface area is 62.2 Å². The third-order valence-corrected chi connectivity index (χ3v) is 0. The molecule has 11 heavy (non-hydrogen) atoms. The van der Waals surface area contributed by atoms with E-state index in [4.69, 9.17) is 29.9 Å². The molecule has 0 atom stereocenters. The summed E-state index contributed by atoms with van der Waals surface area (Å²) in [5.74, 6) is -1.67. The summed E-state index contributed by atoms with van der Waals surface area (Å²) >= 11 is 0. The highest BCUT2D eigenvalue weighted by atomic mass is 16.6. The normalized spacial score (nSPS) is 5.64. The van der Waals surface area contributed by atoms with E-state index in [9.17, 15) is 0 Å². The van der Waals surface area contributed by atoms with Crippen molar-refractivity contribution in [2.24, 2.45) is 5.34 Å². The van der Waals surface area contributed by atoms with Gasteiger partial charge in [-0.3, -0.25) is 9.59 Å². The number of carboxylic acid groups (broad SMARTS) is 2. The molecule has 0 amide bonds. The van der Waals surface area contributed by atoms with Gasteiger partial charge in [-0.15, -0.1) is 4.91 Å². The summed E-state index contributed by atoms with van der Waals surface area (Å²) in [6, 6.07) is 0. The van der Waals surface area contributed by atoms with Crippen LogP contribution >= 0.6 is 0 Å². The lowest BCUT2D eigenvalue weighted by Gasteiger charge is -1.59. The Hall–Kier alpha value is -1.66. The van der Waals surface area contributed by atoms with Crippen molar-refractivity contribution < 1.29 is 25.0 Å². The first-order valence-corrected chi connectivity index (χ1v) is 2.24. The molecular weight excluding hydrogens is 158 g/mol. The monoisotopic (exact) mass is 167 g/mol. The number of rotatable bonds is 0. The number of carbonyl (C=O) groups is 2. The first-order valence-electron chi connectivity index (χ1n) is 2.24. The Morgan fingerprint density at radius 2 is 1.09 bits per heavy atom. The molecule has 0 radical (unpaired) electrons. The zero-order valence-corrected chi connectivity index (χ0v) is 6.01. The van der Waals surface area contributed by atoms with Crippen molar-refractivity contribution >= 4 is 11.9 Å². The van der Waals surface area contributed by atoms with Crippen LogP contribution in [0.25, 0.3) is 0 Å².